The van der Waals surface area contributed by atoms with Crippen molar-refractivity contribution in [3.05, 3.63) is 119 Å². The molecule has 1 N–H and O–H groups in total. The Bertz CT molecular complexity index is 1420. The lowest BCUT2D eigenvalue weighted by atomic mass is 9.92. The number of ether oxygens (including phenoxy) is 4. The summed E-state index contributed by atoms with van der Waals surface area (Å²) in [7, 11) is 3.35. The molecule has 1 aromatic heterocycles. The molecule has 3 aromatic carbocycles. The lowest BCUT2D eigenvalue weighted by Crippen LogP contribution is -2.28. The van der Waals surface area contributed by atoms with Crippen LogP contribution in [-0.2, 0) is 19.6 Å². The molecular formula is C33H34N2O4. The molecule has 1 atom stereocenters. The Morgan fingerprint density at radius 2 is 1.56 bits per heavy atom. The summed E-state index contributed by atoms with van der Waals surface area (Å²) in [5.74, 6) is 2.91. The van der Waals surface area contributed by atoms with E-state index < -0.39 is 0 Å². The first-order valence-corrected chi connectivity index (χ1v) is 13.1. The molecule has 0 saturated carbocycles. The number of pyridine rings is 1. The Kier molecular flexibility index (Phi) is 8.44. The Hall–Kier alpha value is -4.29. The number of nitrogens with one attached hydrogen (secondary N) is 1. The van der Waals surface area contributed by atoms with Gasteiger partial charge in [-0.2, -0.15) is 0 Å². The first-order valence-electron chi connectivity index (χ1n) is 13.1. The van der Waals surface area contributed by atoms with Gasteiger partial charge in [-0.15, -0.1) is 0 Å². The van der Waals surface area contributed by atoms with Crippen molar-refractivity contribution in [2.45, 2.75) is 32.6 Å². The lowest BCUT2D eigenvalue weighted by molar-refractivity contribution is 0.283. The Morgan fingerprint density at radius 3 is 2.31 bits per heavy atom. The van der Waals surface area contributed by atoms with Crippen LogP contribution >= 0.6 is 0 Å². The molecule has 5 rings (SSSR count). The zero-order chi connectivity index (χ0) is 27.0. The maximum Gasteiger partial charge on any atom is 0.162 e. The molecule has 1 aliphatic heterocycles. The Labute approximate surface area is 230 Å². The molecule has 0 spiro atoms. The highest BCUT2D eigenvalue weighted by atomic mass is 16.5. The molecule has 200 valence electrons. The van der Waals surface area contributed by atoms with Gasteiger partial charge in [-0.05, 0) is 71.5 Å². The van der Waals surface area contributed by atoms with Crippen LogP contribution < -0.4 is 24.3 Å². The van der Waals surface area contributed by atoms with Gasteiger partial charge in [-0.3, -0.25) is 4.98 Å². The number of benzene rings is 3. The SMILES string of the molecule is COc1cc(C)c(/C=C/C2NCCc3cc(OCc4ccccc4)c(OC)cc32)cc1OCc1cccnc1. The number of aromatic nitrogens is 1. The average Bonchev–Trinajstić information content (AvgIpc) is 2.99. The fourth-order valence-corrected chi connectivity index (χ4v) is 4.75. The summed E-state index contributed by atoms with van der Waals surface area (Å²) >= 11 is 0. The molecule has 1 aliphatic rings. The molecule has 0 saturated heterocycles. The third kappa shape index (κ3) is 6.41. The summed E-state index contributed by atoms with van der Waals surface area (Å²) in [4.78, 5) is 4.17. The molecule has 2 heterocycles. The summed E-state index contributed by atoms with van der Waals surface area (Å²) in [6.07, 6.45) is 8.83. The highest BCUT2D eigenvalue weighted by molar-refractivity contribution is 5.61. The maximum atomic E-state index is 6.16. The number of aryl methyl sites for hydroxylation is 1. The molecule has 0 bridgehead atoms. The van der Waals surface area contributed by atoms with Crippen molar-refractivity contribution < 1.29 is 18.9 Å². The highest BCUT2D eigenvalue weighted by Crippen LogP contribution is 2.37. The van der Waals surface area contributed by atoms with E-state index in [0.717, 1.165) is 46.7 Å². The molecule has 0 amide bonds. The molecule has 1 unspecified atom stereocenters. The molecule has 4 aromatic rings. The second-order valence-corrected chi connectivity index (χ2v) is 9.53. The minimum Gasteiger partial charge on any atom is -0.493 e. The van der Waals surface area contributed by atoms with E-state index >= 15 is 0 Å². The van der Waals surface area contributed by atoms with E-state index in [2.05, 4.69) is 53.6 Å². The van der Waals surface area contributed by atoms with Crippen LogP contribution in [0.5, 0.6) is 23.0 Å². The van der Waals surface area contributed by atoms with Gasteiger partial charge in [0.05, 0.1) is 20.3 Å². The van der Waals surface area contributed by atoms with Crippen LogP contribution in [0.25, 0.3) is 6.08 Å². The van der Waals surface area contributed by atoms with Crippen LogP contribution in [0.15, 0.2) is 85.2 Å². The number of rotatable bonds is 10. The van der Waals surface area contributed by atoms with Gasteiger partial charge in [0.2, 0.25) is 0 Å². The number of hydrogen-bond donors (Lipinski definition) is 1. The van der Waals surface area contributed by atoms with E-state index in [9.17, 15) is 0 Å². The number of hydrogen-bond acceptors (Lipinski definition) is 6. The minimum atomic E-state index is 0.0482. The fraction of sp³-hybridized carbons (Fsp3) is 0.242. The van der Waals surface area contributed by atoms with Crippen molar-refractivity contribution in [1.29, 1.82) is 0 Å². The van der Waals surface area contributed by atoms with E-state index in [-0.39, 0.29) is 6.04 Å². The summed E-state index contributed by atoms with van der Waals surface area (Å²) in [5, 5.41) is 3.63. The zero-order valence-electron chi connectivity index (χ0n) is 22.6. The summed E-state index contributed by atoms with van der Waals surface area (Å²) in [6.45, 7) is 3.88. The predicted octanol–water partition coefficient (Wildman–Crippen LogP) is 6.47. The van der Waals surface area contributed by atoms with Crippen LogP contribution in [0.2, 0.25) is 0 Å². The van der Waals surface area contributed by atoms with E-state index in [1.54, 1.807) is 26.6 Å². The highest BCUT2D eigenvalue weighted by Gasteiger charge is 2.21. The quantitative estimate of drug-likeness (QED) is 0.258. The van der Waals surface area contributed by atoms with Crippen LogP contribution in [-0.4, -0.2) is 25.7 Å². The van der Waals surface area contributed by atoms with Gasteiger partial charge in [0.15, 0.2) is 23.0 Å². The van der Waals surface area contributed by atoms with Crippen LogP contribution in [0, 0.1) is 6.92 Å². The number of methoxy groups -OCH3 is 2. The normalized spacial score (nSPS) is 14.6. The standard InChI is InChI=1S/C33H34N2O4/c1-23-16-30(36-2)32(39-22-25-10-7-14-34-20-25)17-26(23)11-12-29-28-19-31(37-3)33(18-27(28)13-15-35-29)38-21-24-8-5-4-6-9-24/h4-12,14,16-20,29,35H,13,15,21-22H2,1-3H3/b12-11+. The maximum absolute atomic E-state index is 6.16. The second-order valence-electron chi connectivity index (χ2n) is 9.53. The molecular weight excluding hydrogens is 488 g/mol. The largest absolute Gasteiger partial charge is 0.493 e. The molecule has 6 heteroatoms. The topological polar surface area (TPSA) is 61.8 Å². The Balaban J connectivity index is 1.36. The first kappa shape index (κ1) is 26.3. The van der Waals surface area contributed by atoms with Gasteiger partial charge >= 0.3 is 0 Å². The van der Waals surface area contributed by atoms with E-state index in [4.69, 9.17) is 18.9 Å². The van der Waals surface area contributed by atoms with Gasteiger partial charge in [0, 0.05) is 24.5 Å². The van der Waals surface area contributed by atoms with Crippen molar-refractivity contribution in [2.24, 2.45) is 0 Å². The number of fused-ring (bicyclic) bond motifs is 1. The minimum absolute atomic E-state index is 0.0482. The monoisotopic (exact) mass is 522 g/mol. The molecule has 39 heavy (non-hydrogen) atoms. The van der Waals surface area contributed by atoms with Gasteiger partial charge < -0.3 is 24.3 Å². The zero-order valence-corrected chi connectivity index (χ0v) is 22.6. The molecule has 0 radical (unpaired) electrons. The van der Waals surface area contributed by atoms with Crippen molar-refractivity contribution in [1.82, 2.24) is 10.3 Å². The van der Waals surface area contributed by atoms with Crippen molar-refractivity contribution in [3.8, 4) is 23.0 Å². The average molecular weight is 523 g/mol. The van der Waals surface area contributed by atoms with Crippen molar-refractivity contribution >= 4 is 6.08 Å². The van der Waals surface area contributed by atoms with Gasteiger partial charge in [0.1, 0.15) is 13.2 Å². The summed E-state index contributed by atoms with van der Waals surface area (Å²) in [6, 6.07) is 22.4. The van der Waals surface area contributed by atoms with Crippen LogP contribution in [0.1, 0.15) is 39.4 Å². The Morgan fingerprint density at radius 1 is 0.846 bits per heavy atom. The van der Waals surface area contributed by atoms with E-state index in [1.165, 1.54) is 11.1 Å². The number of nitrogens with zero attached hydrogens (tertiary/aromatic N) is 1. The fourth-order valence-electron chi connectivity index (χ4n) is 4.75. The molecule has 0 aliphatic carbocycles. The third-order valence-corrected chi connectivity index (χ3v) is 6.89. The van der Waals surface area contributed by atoms with Gasteiger partial charge in [-0.25, -0.2) is 0 Å². The van der Waals surface area contributed by atoms with Crippen molar-refractivity contribution in [3.63, 3.8) is 0 Å². The summed E-state index contributed by atoms with van der Waals surface area (Å²) in [5.41, 5.74) is 6.76. The predicted molar refractivity (Wildman–Crippen MR) is 154 cm³/mol. The van der Waals surface area contributed by atoms with Crippen molar-refractivity contribution in [2.75, 3.05) is 20.8 Å². The molecule has 6 nitrogen and oxygen atoms in total. The van der Waals surface area contributed by atoms with E-state index in [1.807, 2.05) is 42.5 Å². The van der Waals surface area contributed by atoms with Gasteiger partial charge in [-0.1, -0.05) is 48.6 Å². The van der Waals surface area contributed by atoms with E-state index in [0.29, 0.717) is 24.7 Å². The van der Waals surface area contributed by atoms with Crippen LogP contribution in [0.3, 0.4) is 0 Å². The lowest BCUT2D eigenvalue weighted by Gasteiger charge is -2.26. The van der Waals surface area contributed by atoms with Gasteiger partial charge in [0.25, 0.3) is 0 Å². The first-order chi connectivity index (χ1) is 19.1. The summed E-state index contributed by atoms with van der Waals surface area (Å²) < 4.78 is 23.6. The third-order valence-electron chi connectivity index (χ3n) is 6.89. The smallest absolute Gasteiger partial charge is 0.162 e. The molecule has 0 fully saturated rings. The van der Waals surface area contributed by atoms with Crippen LogP contribution in [0.4, 0.5) is 0 Å². The second kappa shape index (κ2) is 12.5.